The number of nitrogens with zero attached hydrogens (tertiary/aromatic N) is 2. The SMILES string of the molecule is COc1ccc(N2C(=O)c3cccnc3[C@H]2Nc2ccc(C)cc2)cc1. The van der Waals surface area contributed by atoms with Gasteiger partial charge in [0.1, 0.15) is 5.75 Å². The number of anilines is 2. The van der Waals surface area contributed by atoms with Gasteiger partial charge in [0.2, 0.25) is 0 Å². The Balaban J connectivity index is 1.75. The molecule has 5 heteroatoms. The molecule has 0 bridgehead atoms. The monoisotopic (exact) mass is 345 g/mol. The fourth-order valence-corrected chi connectivity index (χ4v) is 3.14. The minimum absolute atomic E-state index is 0.0668. The number of hydrogen-bond donors (Lipinski definition) is 1. The highest BCUT2D eigenvalue weighted by molar-refractivity contribution is 6.11. The van der Waals surface area contributed by atoms with Gasteiger partial charge in [-0.3, -0.25) is 14.7 Å². The van der Waals surface area contributed by atoms with Gasteiger partial charge in [-0.1, -0.05) is 17.7 Å². The van der Waals surface area contributed by atoms with Gasteiger partial charge in [-0.05, 0) is 55.5 Å². The van der Waals surface area contributed by atoms with Gasteiger partial charge in [0, 0.05) is 17.6 Å². The second-order valence-corrected chi connectivity index (χ2v) is 6.22. The van der Waals surface area contributed by atoms with Crippen molar-refractivity contribution < 1.29 is 9.53 Å². The summed E-state index contributed by atoms with van der Waals surface area (Å²) in [5.41, 5.74) is 4.26. The first-order valence-electron chi connectivity index (χ1n) is 8.43. The number of fused-ring (bicyclic) bond motifs is 1. The molecule has 1 aromatic heterocycles. The molecule has 130 valence electrons. The summed E-state index contributed by atoms with van der Waals surface area (Å²) in [6.45, 7) is 2.05. The van der Waals surface area contributed by atoms with Gasteiger partial charge in [0.15, 0.2) is 6.17 Å². The Kier molecular flexibility index (Phi) is 4.05. The molecule has 1 aliphatic rings. The number of hydrogen-bond acceptors (Lipinski definition) is 4. The van der Waals surface area contributed by atoms with E-state index in [1.54, 1.807) is 24.3 Å². The molecule has 3 aromatic rings. The van der Waals surface area contributed by atoms with Crippen LogP contribution in [0.5, 0.6) is 5.75 Å². The number of carbonyl (C=O) groups is 1. The fourth-order valence-electron chi connectivity index (χ4n) is 3.14. The summed E-state index contributed by atoms with van der Waals surface area (Å²) in [4.78, 5) is 19.2. The van der Waals surface area contributed by atoms with Gasteiger partial charge in [-0.2, -0.15) is 0 Å². The van der Waals surface area contributed by atoms with Crippen molar-refractivity contribution in [2.75, 3.05) is 17.3 Å². The second-order valence-electron chi connectivity index (χ2n) is 6.22. The molecule has 26 heavy (non-hydrogen) atoms. The van der Waals surface area contributed by atoms with Crippen LogP contribution in [0.3, 0.4) is 0 Å². The summed E-state index contributed by atoms with van der Waals surface area (Å²) < 4.78 is 5.22. The van der Waals surface area contributed by atoms with Crippen molar-refractivity contribution >= 4 is 17.3 Å². The lowest BCUT2D eigenvalue weighted by atomic mass is 10.2. The zero-order valence-electron chi connectivity index (χ0n) is 14.6. The molecule has 0 unspecified atom stereocenters. The molecule has 0 saturated heterocycles. The predicted molar refractivity (Wildman–Crippen MR) is 102 cm³/mol. The maximum absolute atomic E-state index is 13.0. The molecule has 1 amide bonds. The number of ether oxygens (including phenoxy) is 1. The van der Waals surface area contributed by atoms with E-state index in [0.717, 1.165) is 22.8 Å². The van der Waals surface area contributed by atoms with Crippen molar-refractivity contribution in [3.05, 3.63) is 83.7 Å². The molecular formula is C21H19N3O2. The smallest absolute Gasteiger partial charge is 0.262 e. The van der Waals surface area contributed by atoms with Crippen LogP contribution in [0.4, 0.5) is 11.4 Å². The predicted octanol–water partition coefficient (Wildman–Crippen LogP) is 4.17. The normalized spacial score (nSPS) is 15.7. The van der Waals surface area contributed by atoms with Gasteiger partial charge >= 0.3 is 0 Å². The van der Waals surface area contributed by atoms with Gasteiger partial charge in [0.05, 0.1) is 18.4 Å². The second kappa shape index (κ2) is 6.52. The molecule has 4 rings (SSSR count). The largest absolute Gasteiger partial charge is 0.497 e. The number of benzene rings is 2. The van der Waals surface area contributed by atoms with Crippen LogP contribution in [0.1, 0.15) is 27.8 Å². The van der Waals surface area contributed by atoms with Crippen molar-refractivity contribution in [1.29, 1.82) is 0 Å². The third-order valence-electron chi connectivity index (χ3n) is 4.51. The van der Waals surface area contributed by atoms with E-state index < -0.39 is 0 Å². The molecule has 0 spiro atoms. The van der Waals surface area contributed by atoms with Crippen molar-refractivity contribution in [2.24, 2.45) is 0 Å². The summed E-state index contributed by atoms with van der Waals surface area (Å²) in [6.07, 6.45) is 1.35. The maximum atomic E-state index is 13.0. The van der Waals surface area contributed by atoms with E-state index in [4.69, 9.17) is 4.74 Å². The fraction of sp³-hybridized carbons (Fsp3) is 0.143. The van der Waals surface area contributed by atoms with Crippen LogP contribution in [0.15, 0.2) is 66.9 Å². The Labute approximate surface area is 152 Å². The minimum Gasteiger partial charge on any atom is -0.497 e. The van der Waals surface area contributed by atoms with Crippen LogP contribution in [0, 0.1) is 6.92 Å². The summed E-state index contributed by atoms with van der Waals surface area (Å²) in [7, 11) is 1.62. The number of methoxy groups -OCH3 is 1. The molecule has 0 fully saturated rings. The third kappa shape index (κ3) is 2.77. The van der Waals surface area contributed by atoms with Crippen molar-refractivity contribution in [3.63, 3.8) is 0 Å². The number of pyridine rings is 1. The Bertz CT molecular complexity index is 936. The molecule has 1 N–H and O–H groups in total. The number of nitrogens with one attached hydrogen (secondary N) is 1. The summed E-state index contributed by atoms with van der Waals surface area (Å²) in [5, 5.41) is 3.44. The molecule has 5 nitrogen and oxygen atoms in total. The Morgan fingerprint density at radius 1 is 1.04 bits per heavy atom. The molecule has 0 radical (unpaired) electrons. The Morgan fingerprint density at radius 2 is 1.77 bits per heavy atom. The van der Waals surface area contributed by atoms with E-state index in [1.807, 2.05) is 61.5 Å². The van der Waals surface area contributed by atoms with Crippen LogP contribution in [0.2, 0.25) is 0 Å². The molecule has 2 aromatic carbocycles. The third-order valence-corrected chi connectivity index (χ3v) is 4.51. The van der Waals surface area contributed by atoms with Crippen LogP contribution >= 0.6 is 0 Å². The van der Waals surface area contributed by atoms with E-state index in [0.29, 0.717) is 5.56 Å². The maximum Gasteiger partial charge on any atom is 0.262 e. The van der Waals surface area contributed by atoms with E-state index >= 15 is 0 Å². The molecule has 0 aliphatic carbocycles. The highest BCUT2D eigenvalue weighted by atomic mass is 16.5. The van der Waals surface area contributed by atoms with Crippen LogP contribution in [0.25, 0.3) is 0 Å². The Hall–Kier alpha value is -3.34. The van der Waals surface area contributed by atoms with E-state index in [9.17, 15) is 4.79 Å². The average Bonchev–Trinajstić information content (AvgIpc) is 2.96. The number of rotatable bonds is 4. The zero-order valence-corrected chi connectivity index (χ0v) is 14.6. The van der Waals surface area contributed by atoms with Crippen LogP contribution in [-0.4, -0.2) is 18.0 Å². The van der Waals surface area contributed by atoms with Gasteiger partial charge < -0.3 is 10.1 Å². The Morgan fingerprint density at radius 3 is 2.46 bits per heavy atom. The van der Waals surface area contributed by atoms with Crippen LogP contribution in [-0.2, 0) is 0 Å². The van der Waals surface area contributed by atoms with E-state index in [2.05, 4.69) is 10.3 Å². The van der Waals surface area contributed by atoms with E-state index in [-0.39, 0.29) is 12.1 Å². The molecule has 0 saturated carbocycles. The average molecular weight is 345 g/mol. The highest BCUT2D eigenvalue weighted by Crippen LogP contribution is 2.37. The minimum atomic E-state index is -0.366. The van der Waals surface area contributed by atoms with Crippen molar-refractivity contribution in [1.82, 2.24) is 4.98 Å². The standard InChI is InChI=1S/C21H19N3O2/c1-14-5-7-15(8-6-14)23-20-19-18(4-3-13-22-19)21(25)24(20)16-9-11-17(26-2)12-10-16/h3-13,20,23H,1-2H3/t20-/m0/s1. The number of amides is 1. The number of aromatic nitrogens is 1. The van der Waals surface area contributed by atoms with Crippen molar-refractivity contribution in [2.45, 2.75) is 13.1 Å². The topological polar surface area (TPSA) is 54.5 Å². The first kappa shape index (κ1) is 16.1. The first-order chi connectivity index (χ1) is 12.7. The first-order valence-corrected chi connectivity index (χ1v) is 8.43. The van der Waals surface area contributed by atoms with Gasteiger partial charge in [-0.15, -0.1) is 0 Å². The zero-order chi connectivity index (χ0) is 18.1. The number of aryl methyl sites for hydroxylation is 1. The lowest BCUT2D eigenvalue weighted by Gasteiger charge is -2.26. The molecule has 1 atom stereocenters. The highest BCUT2D eigenvalue weighted by Gasteiger charge is 2.38. The lowest BCUT2D eigenvalue weighted by molar-refractivity contribution is 0.0993. The molecule has 2 heterocycles. The van der Waals surface area contributed by atoms with Crippen molar-refractivity contribution in [3.8, 4) is 5.75 Å². The van der Waals surface area contributed by atoms with E-state index in [1.165, 1.54) is 5.56 Å². The molecule has 1 aliphatic heterocycles. The lowest BCUT2D eigenvalue weighted by Crippen LogP contribution is -2.32. The van der Waals surface area contributed by atoms with Crippen LogP contribution < -0.4 is 15.0 Å². The summed E-state index contributed by atoms with van der Waals surface area (Å²) in [6, 6.07) is 19.2. The number of carbonyl (C=O) groups excluding carboxylic acids is 1. The molecular weight excluding hydrogens is 326 g/mol. The quantitative estimate of drug-likeness (QED) is 0.771. The summed E-state index contributed by atoms with van der Waals surface area (Å²) >= 11 is 0. The van der Waals surface area contributed by atoms with Gasteiger partial charge in [0.25, 0.3) is 5.91 Å². The van der Waals surface area contributed by atoms with Gasteiger partial charge in [-0.25, -0.2) is 0 Å². The summed E-state index contributed by atoms with van der Waals surface area (Å²) in [5.74, 6) is 0.682.